The maximum atomic E-state index is 13.8. The first kappa shape index (κ1) is 12.7. The second kappa shape index (κ2) is 4.65. The number of nitrogens with zero attached hydrogens (tertiary/aromatic N) is 1. The number of ether oxygens (including phenoxy) is 1. The van der Waals surface area contributed by atoms with Gasteiger partial charge in [0.15, 0.2) is 0 Å². The van der Waals surface area contributed by atoms with Crippen molar-refractivity contribution < 1.29 is 13.5 Å². The molecule has 0 aliphatic carbocycles. The highest BCUT2D eigenvalue weighted by Crippen LogP contribution is 2.43. The maximum Gasteiger partial charge on any atom is 0.132 e. The van der Waals surface area contributed by atoms with Crippen molar-refractivity contribution in [1.82, 2.24) is 4.98 Å². The van der Waals surface area contributed by atoms with E-state index in [9.17, 15) is 8.78 Å². The largest absolute Gasteiger partial charge is 0.364 e. The molecule has 0 N–H and O–H groups in total. The van der Waals surface area contributed by atoms with Crippen molar-refractivity contribution >= 4 is 15.9 Å². The topological polar surface area (TPSA) is 25.4 Å². The van der Waals surface area contributed by atoms with Crippen molar-refractivity contribution in [3.05, 3.63) is 63.9 Å². The summed E-state index contributed by atoms with van der Waals surface area (Å²) in [4.78, 5) is 4.13. The molecule has 0 spiro atoms. The van der Waals surface area contributed by atoms with Gasteiger partial charge in [0.05, 0.1) is 6.61 Å². The average Bonchev–Trinajstić information content (AvgIpc) is 3.13. The third kappa shape index (κ3) is 2.53. The molecule has 2 nitrogen and oxygen atoms in total. The van der Waals surface area contributed by atoms with Gasteiger partial charge in [-0.3, -0.25) is 0 Å². The van der Waals surface area contributed by atoms with E-state index in [1.165, 1.54) is 12.1 Å². The molecule has 98 valence electrons. The van der Waals surface area contributed by atoms with Crippen molar-refractivity contribution in [3.8, 4) is 0 Å². The Morgan fingerprint density at radius 1 is 1.26 bits per heavy atom. The van der Waals surface area contributed by atoms with Gasteiger partial charge in [-0.25, -0.2) is 13.8 Å². The highest BCUT2D eigenvalue weighted by Gasteiger charge is 2.48. The molecular weight excluding hydrogens is 316 g/mol. The lowest BCUT2D eigenvalue weighted by Gasteiger charge is -2.13. The normalized spacial score (nSPS) is 21.4. The Hall–Kier alpha value is -1.33. The van der Waals surface area contributed by atoms with Crippen LogP contribution in [-0.4, -0.2) is 11.6 Å². The van der Waals surface area contributed by atoms with Gasteiger partial charge in [-0.1, -0.05) is 12.1 Å². The summed E-state index contributed by atoms with van der Waals surface area (Å²) in [6.07, 6.45) is 2.24. The minimum Gasteiger partial charge on any atom is -0.364 e. The second-order valence-electron chi connectivity index (χ2n) is 4.57. The molecule has 2 heterocycles. The lowest BCUT2D eigenvalue weighted by atomic mass is 9.92. The van der Waals surface area contributed by atoms with Crippen LogP contribution in [0.2, 0.25) is 0 Å². The zero-order valence-corrected chi connectivity index (χ0v) is 11.5. The van der Waals surface area contributed by atoms with Crippen LogP contribution in [0.1, 0.15) is 11.1 Å². The van der Waals surface area contributed by atoms with E-state index in [0.717, 1.165) is 16.2 Å². The second-order valence-corrected chi connectivity index (χ2v) is 5.39. The molecule has 0 radical (unpaired) electrons. The number of pyridine rings is 1. The molecule has 2 aromatic rings. The number of rotatable bonds is 3. The lowest BCUT2D eigenvalue weighted by Crippen LogP contribution is -2.15. The smallest absolute Gasteiger partial charge is 0.132 e. The molecule has 0 amide bonds. The predicted molar refractivity (Wildman–Crippen MR) is 69.6 cm³/mol. The third-order valence-electron chi connectivity index (χ3n) is 3.19. The Kier molecular flexibility index (Phi) is 3.11. The van der Waals surface area contributed by atoms with Crippen LogP contribution < -0.4 is 0 Å². The SMILES string of the molecule is Fc1ccc(C2(Cc3ccc(Br)nc3)CO2)c(F)c1. The number of aromatic nitrogens is 1. The van der Waals surface area contributed by atoms with Crippen molar-refractivity contribution in [1.29, 1.82) is 0 Å². The van der Waals surface area contributed by atoms with Gasteiger partial charge in [0.25, 0.3) is 0 Å². The summed E-state index contributed by atoms with van der Waals surface area (Å²) in [5, 5.41) is 0. The van der Waals surface area contributed by atoms with E-state index in [1.54, 1.807) is 6.20 Å². The molecule has 3 rings (SSSR count). The van der Waals surface area contributed by atoms with Crippen molar-refractivity contribution in [2.24, 2.45) is 0 Å². The van der Waals surface area contributed by atoms with Crippen molar-refractivity contribution in [3.63, 3.8) is 0 Å². The summed E-state index contributed by atoms with van der Waals surface area (Å²) in [5.74, 6) is -1.15. The van der Waals surface area contributed by atoms with Crippen LogP contribution in [0.4, 0.5) is 8.78 Å². The van der Waals surface area contributed by atoms with Gasteiger partial charge in [-0.05, 0) is 33.6 Å². The third-order valence-corrected chi connectivity index (χ3v) is 3.66. The van der Waals surface area contributed by atoms with Crippen LogP contribution in [0, 0.1) is 11.6 Å². The van der Waals surface area contributed by atoms with Gasteiger partial charge in [-0.2, -0.15) is 0 Å². The van der Waals surface area contributed by atoms with Gasteiger partial charge < -0.3 is 4.74 Å². The summed E-state index contributed by atoms with van der Waals surface area (Å²) in [7, 11) is 0. The average molecular weight is 326 g/mol. The Bertz CT molecular complexity index is 611. The lowest BCUT2D eigenvalue weighted by molar-refractivity contribution is 0.298. The van der Waals surface area contributed by atoms with E-state index < -0.39 is 17.2 Å². The molecule has 19 heavy (non-hydrogen) atoms. The van der Waals surface area contributed by atoms with Crippen LogP contribution in [-0.2, 0) is 16.8 Å². The van der Waals surface area contributed by atoms with Crippen LogP contribution in [0.15, 0.2) is 41.1 Å². The molecule has 0 saturated carbocycles. The molecule has 1 fully saturated rings. The quantitative estimate of drug-likeness (QED) is 0.636. The zero-order chi connectivity index (χ0) is 13.5. The molecule has 1 atom stereocenters. The van der Waals surface area contributed by atoms with Crippen LogP contribution >= 0.6 is 15.9 Å². The maximum absolute atomic E-state index is 13.8. The number of benzene rings is 1. The first-order valence-corrected chi connectivity index (χ1v) is 6.58. The molecule has 1 aromatic carbocycles. The summed E-state index contributed by atoms with van der Waals surface area (Å²) in [6.45, 7) is 0.436. The fraction of sp³-hybridized carbons (Fsp3) is 0.214. The highest BCUT2D eigenvalue weighted by atomic mass is 79.9. The molecule has 1 saturated heterocycles. The van der Waals surface area contributed by atoms with Crippen LogP contribution in [0.25, 0.3) is 0 Å². The van der Waals surface area contributed by atoms with E-state index in [4.69, 9.17) is 4.74 Å². The van der Waals surface area contributed by atoms with E-state index in [1.807, 2.05) is 12.1 Å². The standard InChI is InChI=1S/C14H10BrF2NO/c15-13-4-1-9(7-18-13)6-14(8-19-14)11-3-2-10(16)5-12(11)17/h1-5,7H,6,8H2. The molecule has 1 aromatic heterocycles. The van der Waals surface area contributed by atoms with Crippen molar-refractivity contribution in [2.45, 2.75) is 12.0 Å². The van der Waals surface area contributed by atoms with Crippen molar-refractivity contribution in [2.75, 3.05) is 6.61 Å². The molecule has 1 aliphatic heterocycles. The highest BCUT2D eigenvalue weighted by molar-refractivity contribution is 9.10. The molecule has 1 aliphatic rings. The number of hydrogen-bond acceptors (Lipinski definition) is 2. The zero-order valence-electron chi connectivity index (χ0n) is 9.87. The first-order chi connectivity index (χ1) is 9.09. The molecule has 0 bridgehead atoms. The number of epoxide rings is 1. The Morgan fingerprint density at radius 3 is 2.63 bits per heavy atom. The summed E-state index contributed by atoms with van der Waals surface area (Å²) < 4.78 is 32.9. The Morgan fingerprint density at radius 2 is 2.05 bits per heavy atom. The fourth-order valence-corrected chi connectivity index (χ4v) is 2.37. The van der Waals surface area contributed by atoms with Gasteiger partial charge in [0.1, 0.15) is 21.8 Å². The monoisotopic (exact) mass is 325 g/mol. The van der Waals surface area contributed by atoms with Gasteiger partial charge in [0.2, 0.25) is 0 Å². The van der Waals surface area contributed by atoms with E-state index in [0.29, 0.717) is 18.6 Å². The summed E-state index contributed by atoms with van der Waals surface area (Å²) >= 11 is 3.26. The predicted octanol–water partition coefficient (Wildman–Crippen LogP) is 3.59. The van der Waals surface area contributed by atoms with E-state index in [2.05, 4.69) is 20.9 Å². The first-order valence-electron chi connectivity index (χ1n) is 5.79. The number of hydrogen-bond donors (Lipinski definition) is 0. The van der Waals surface area contributed by atoms with Crippen LogP contribution in [0.3, 0.4) is 0 Å². The fourth-order valence-electron chi connectivity index (χ4n) is 2.14. The minimum absolute atomic E-state index is 0.400. The van der Waals surface area contributed by atoms with Crippen LogP contribution in [0.5, 0.6) is 0 Å². The van der Waals surface area contributed by atoms with Gasteiger partial charge >= 0.3 is 0 Å². The minimum atomic E-state index is -0.673. The van der Waals surface area contributed by atoms with Gasteiger partial charge in [0, 0.05) is 24.2 Å². The molecule has 5 heteroatoms. The Labute approximate surface area is 117 Å². The van der Waals surface area contributed by atoms with E-state index in [-0.39, 0.29) is 0 Å². The summed E-state index contributed by atoms with van der Waals surface area (Å²) in [6, 6.07) is 7.32. The summed E-state index contributed by atoms with van der Waals surface area (Å²) in [5.41, 5.74) is 0.675. The van der Waals surface area contributed by atoms with Gasteiger partial charge in [-0.15, -0.1) is 0 Å². The molecular formula is C14H10BrF2NO. The Balaban J connectivity index is 1.89. The molecule has 1 unspecified atom stereocenters. The van der Waals surface area contributed by atoms with E-state index >= 15 is 0 Å². The number of halogens is 3.